The first-order chi connectivity index (χ1) is 8.65. The number of rotatable bonds is 5. The first kappa shape index (κ1) is 12.3. The second-order valence-electron chi connectivity index (χ2n) is 6.01. The van der Waals surface area contributed by atoms with Gasteiger partial charge in [-0.15, -0.1) is 0 Å². The summed E-state index contributed by atoms with van der Waals surface area (Å²) < 4.78 is 0. The Balaban J connectivity index is 1.58. The molecular weight excluding hydrogens is 238 g/mol. The zero-order valence-corrected chi connectivity index (χ0v) is 12.1. The molecule has 1 aromatic carbocycles. The van der Waals surface area contributed by atoms with Gasteiger partial charge in [0, 0.05) is 16.9 Å². The van der Waals surface area contributed by atoms with Crippen molar-refractivity contribution >= 4 is 23.7 Å². The maximum atomic E-state index is 4.55. The Bertz CT molecular complexity index is 472. The van der Waals surface area contributed by atoms with Crippen LogP contribution in [-0.4, -0.2) is 17.2 Å². The van der Waals surface area contributed by atoms with Crippen LogP contribution < -0.4 is 0 Å². The molecule has 0 aromatic heterocycles. The van der Waals surface area contributed by atoms with E-state index in [0.717, 1.165) is 5.25 Å². The first-order valence-electron chi connectivity index (χ1n) is 6.95. The van der Waals surface area contributed by atoms with E-state index in [0.29, 0.717) is 0 Å². The van der Waals surface area contributed by atoms with E-state index in [2.05, 4.69) is 55.0 Å². The van der Waals surface area contributed by atoms with Crippen molar-refractivity contribution in [1.29, 1.82) is 0 Å². The number of aliphatic imine (C=N–C) groups is 1. The van der Waals surface area contributed by atoms with Gasteiger partial charge in [0.2, 0.25) is 0 Å². The van der Waals surface area contributed by atoms with E-state index < -0.39 is 0 Å². The van der Waals surface area contributed by atoms with Gasteiger partial charge in [-0.1, -0.05) is 26.0 Å². The zero-order chi connectivity index (χ0) is 12.6. The molecule has 1 aliphatic carbocycles. The highest BCUT2D eigenvalue weighted by molar-refractivity contribution is 8.00. The summed E-state index contributed by atoms with van der Waals surface area (Å²) in [6, 6.07) is 6.84. The number of hydrogen-bond donors (Lipinski definition) is 0. The molecule has 0 radical (unpaired) electrons. The molecule has 1 aromatic rings. The molecule has 0 amide bonds. The Kier molecular flexibility index (Phi) is 3.23. The van der Waals surface area contributed by atoms with E-state index in [1.165, 1.54) is 48.3 Å². The van der Waals surface area contributed by atoms with Crippen molar-refractivity contribution in [2.24, 2.45) is 4.99 Å². The Hall–Kier alpha value is -0.760. The Morgan fingerprint density at radius 2 is 2.17 bits per heavy atom. The molecule has 1 nitrogen and oxygen atoms in total. The number of hydrogen-bond acceptors (Lipinski definition) is 2. The molecule has 0 atom stereocenters. The predicted molar refractivity (Wildman–Crippen MR) is 81.4 cm³/mol. The second-order valence-corrected chi connectivity index (χ2v) is 7.41. The number of fused-ring (bicyclic) bond motifs is 1. The predicted octanol–water partition coefficient (Wildman–Crippen LogP) is 4.51. The molecule has 2 aliphatic rings. The minimum absolute atomic E-state index is 0.121. The van der Waals surface area contributed by atoms with Crippen molar-refractivity contribution in [3.8, 4) is 0 Å². The highest BCUT2D eigenvalue weighted by Crippen LogP contribution is 2.37. The number of aryl methyl sites for hydroxylation is 1. The maximum Gasteiger partial charge on any atom is 0.0670 e. The fraction of sp³-hybridized carbons (Fsp3) is 0.562. The minimum atomic E-state index is 0.121. The van der Waals surface area contributed by atoms with Gasteiger partial charge >= 0.3 is 0 Å². The number of thioether (sulfide) groups is 1. The maximum absolute atomic E-state index is 4.55. The summed E-state index contributed by atoms with van der Waals surface area (Å²) in [5.74, 6) is 1.32. The summed E-state index contributed by atoms with van der Waals surface area (Å²) in [6.45, 7) is 4.46. The van der Waals surface area contributed by atoms with Crippen molar-refractivity contribution in [1.82, 2.24) is 0 Å². The van der Waals surface area contributed by atoms with Crippen LogP contribution in [0.1, 0.15) is 44.2 Å². The summed E-state index contributed by atoms with van der Waals surface area (Å²) in [7, 11) is 0. The van der Waals surface area contributed by atoms with Gasteiger partial charge in [0.1, 0.15) is 0 Å². The normalized spacial score (nSPS) is 20.1. The van der Waals surface area contributed by atoms with Gasteiger partial charge in [-0.25, -0.2) is 0 Å². The molecule has 1 saturated carbocycles. The van der Waals surface area contributed by atoms with E-state index in [9.17, 15) is 0 Å². The molecule has 0 bridgehead atoms. The van der Waals surface area contributed by atoms with E-state index in [-0.39, 0.29) is 5.41 Å². The van der Waals surface area contributed by atoms with Gasteiger partial charge in [-0.05, 0) is 48.6 Å². The molecular formula is C16H21NS. The summed E-state index contributed by atoms with van der Waals surface area (Å²) >= 11 is 2.16. The van der Waals surface area contributed by atoms with Gasteiger partial charge in [0.25, 0.3) is 0 Å². The van der Waals surface area contributed by atoms with Crippen LogP contribution in [0.2, 0.25) is 0 Å². The van der Waals surface area contributed by atoms with Crippen LogP contribution >= 0.6 is 11.8 Å². The largest absolute Gasteiger partial charge is 0.260 e. The smallest absolute Gasteiger partial charge is 0.0670 e. The van der Waals surface area contributed by atoms with Gasteiger partial charge in [0.15, 0.2) is 0 Å². The molecule has 1 fully saturated rings. The van der Waals surface area contributed by atoms with Crippen molar-refractivity contribution in [3.63, 3.8) is 0 Å². The average Bonchev–Trinajstić information content (AvgIpc) is 3.11. The highest BCUT2D eigenvalue weighted by Gasteiger charge is 2.26. The first-order valence-corrected chi connectivity index (χ1v) is 8.00. The lowest BCUT2D eigenvalue weighted by molar-refractivity contribution is 0.752. The third-order valence-electron chi connectivity index (χ3n) is 3.77. The molecule has 1 heterocycles. The third kappa shape index (κ3) is 2.64. The molecule has 0 saturated heterocycles. The fourth-order valence-corrected chi connectivity index (χ4v) is 3.56. The highest BCUT2D eigenvalue weighted by atomic mass is 32.2. The minimum Gasteiger partial charge on any atom is -0.260 e. The van der Waals surface area contributed by atoms with Crippen LogP contribution in [0.15, 0.2) is 23.2 Å². The van der Waals surface area contributed by atoms with Crippen LogP contribution in [-0.2, 0) is 11.8 Å². The quantitative estimate of drug-likeness (QED) is 0.709. The average molecular weight is 259 g/mol. The Morgan fingerprint density at radius 3 is 2.94 bits per heavy atom. The SMILES string of the molecule is CC1(C)C=Nc2cc(CCCSC3CC3)ccc21. The van der Waals surface area contributed by atoms with Crippen LogP contribution in [0.3, 0.4) is 0 Å². The summed E-state index contributed by atoms with van der Waals surface area (Å²) in [5, 5.41) is 0.996. The van der Waals surface area contributed by atoms with E-state index in [1.54, 1.807) is 0 Å². The molecule has 3 rings (SSSR count). The van der Waals surface area contributed by atoms with Crippen LogP contribution in [0.25, 0.3) is 0 Å². The van der Waals surface area contributed by atoms with Crippen LogP contribution in [0.4, 0.5) is 5.69 Å². The van der Waals surface area contributed by atoms with E-state index in [1.807, 2.05) is 0 Å². The van der Waals surface area contributed by atoms with Gasteiger partial charge < -0.3 is 0 Å². The Labute approximate surface area is 114 Å². The molecule has 18 heavy (non-hydrogen) atoms. The van der Waals surface area contributed by atoms with Crippen molar-refractivity contribution in [3.05, 3.63) is 29.3 Å². The Morgan fingerprint density at radius 1 is 1.33 bits per heavy atom. The molecule has 0 spiro atoms. The summed E-state index contributed by atoms with van der Waals surface area (Å²) in [4.78, 5) is 4.55. The second kappa shape index (κ2) is 4.73. The summed E-state index contributed by atoms with van der Waals surface area (Å²) in [5.41, 5.74) is 4.13. The lowest BCUT2D eigenvalue weighted by atomic mass is 9.86. The van der Waals surface area contributed by atoms with E-state index >= 15 is 0 Å². The van der Waals surface area contributed by atoms with Gasteiger partial charge in [0.05, 0.1) is 5.69 Å². The lowest BCUT2D eigenvalue weighted by Gasteiger charge is -2.15. The van der Waals surface area contributed by atoms with Crippen LogP contribution in [0, 0.1) is 0 Å². The van der Waals surface area contributed by atoms with Gasteiger partial charge in [-0.3, -0.25) is 4.99 Å². The zero-order valence-electron chi connectivity index (χ0n) is 11.3. The molecule has 96 valence electrons. The summed E-state index contributed by atoms with van der Waals surface area (Å²) in [6.07, 6.45) is 7.47. The standard InChI is InChI=1S/C16H21NS/c1-16(2)11-17-15-10-12(5-8-14(15)16)4-3-9-18-13-6-7-13/h5,8,10-11,13H,3-4,6-7,9H2,1-2H3. The van der Waals surface area contributed by atoms with Crippen molar-refractivity contribution in [2.45, 2.75) is 50.2 Å². The lowest BCUT2D eigenvalue weighted by Crippen LogP contribution is -2.14. The van der Waals surface area contributed by atoms with E-state index in [4.69, 9.17) is 0 Å². The van der Waals surface area contributed by atoms with Gasteiger partial charge in [-0.2, -0.15) is 11.8 Å². The monoisotopic (exact) mass is 259 g/mol. The van der Waals surface area contributed by atoms with Crippen LogP contribution in [0.5, 0.6) is 0 Å². The van der Waals surface area contributed by atoms with Crippen molar-refractivity contribution in [2.75, 3.05) is 5.75 Å². The molecule has 0 N–H and O–H groups in total. The number of nitrogens with zero attached hydrogens (tertiary/aromatic N) is 1. The topological polar surface area (TPSA) is 12.4 Å². The third-order valence-corrected chi connectivity index (χ3v) is 5.24. The number of benzene rings is 1. The van der Waals surface area contributed by atoms with Crippen molar-refractivity contribution < 1.29 is 0 Å². The molecule has 2 heteroatoms. The molecule has 1 aliphatic heterocycles. The molecule has 0 unspecified atom stereocenters. The fourth-order valence-electron chi connectivity index (χ4n) is 2.45.